The summed E-state index contributed by atoms with van der Waals surface area (Å²) in [5.74, 6) is 0.461. The van der Waals surface area contributed by atoms with Crippen molar-refractivity contribution in [3.8, 4) is 0 Å². The van der Waals surface area contributed by atoms with E-state index in [1.54, 1.807) is 0 Å². The molecule has 1 fully saturated rings. The fraction of sp³-hybridized carbons (Fsp3) is 0.556. The zero-order chi connectivity index (χ0) is 11.5. The predicted octanol–water partition coefficient (Wildman–Crippen LogP) is -1.31. The van der Waals surface area contributed by atoms with Crippen LogP contribution in [-0.2, 0) is 16.0 Å². The molecular formula is C9H13N5O2. The van der Waals surface area contributed by atoms with Gasteiger partial charge in [-0.25, -0.2) is 4.98 Å². The molecule has 1 aromatic rings. The van der Waals surface area contributed by atoms with E-state index in [4.69, 9.17) is 0 Å². The lowest BCUT2D eigenvalue weighted by atomic mass is 10.2. The Morgan fingerprint density at radius 3 is 3.00 bits per heavy atom. The molecule has 2 heterocycles. The van der Waals surface area contributed by atoms with E-state index in [1.807, 2.05) is 0 Å². The zero-order valence-electron chi connectivity index (χ0n) is 8.93. The van der Waals surface area contributed by atoms with Crippen molar-refractivity contribution >= 4 is 11.8 Å². The number of likely N-dealkylation sites (tertiary alicyclic amines) is 1. The van der Waals surface area contributed by atoms with Crippen LogP contribution in [0, 0.1) is 0 Å². The first-order valence-electron chi connectivity index (χ1n) is 5.06. The Bertz CT molecular complexity index is 389. The summed E-state index contributed by atoms with van der Waals surface area (Å²) in [4.78, 5) is 27.9. The normalized spacial score (nSPS) is 20.8. The molecule has 0 aliphatic carbocycles. The van der Waals surface area contributed by atoms with E-state index >= 15 is 0 Å². The van der Waals surface area contributed by atoms with Gasteiger partial charge in [-0.15, -0.1) is 0 Å². The number of hydrogen-bond acceptors (Lipinski definition) is 5. The summed E-state index contributed by atoms with van der Waals surface area (Å²) in [6, 6.07) is -0.388. The molecule has 0 aromatic carbocycles. The molecule has 0 radical (unpaired) electrons. The van der Waals surface area contributed by atoms with E-state index in [1.165, 1.54) is 13.4 Å². The van der Waals surface area contributed by atoms with Gasteiger partial charge in [-0.3, -0.25) is 19.6 Å². The highest BCUT2D eigenvalue weighted by molar-refractivity contribution is 6.05. The molecule has 16 heavy (non-hydrogen) atoms. The quantitative estimate of drug-likeness (QED) is 0.619. The number of rotatable bonds is 4. The summed E-state index contributed by atoms with van der Waals surface area (Å²) in [6.45, 7) is 0.590. The molecule has 1 unspecified atom stereocenters. The molecule has 2 rings (SSSR count). The van der Waals surface area contributed by atoms with Crippen LogP contribution < -0.4 is 5.32 Å². The third-order valence-electron chi connectivity index (χ3n) is 2.60. The third kappa shape index (κ3) is 2.08. The first kappa shape index (κ1) is 10.7. The van der Waals surface area contributed by atoms with E-state index in [9.17, 15) is 9.59 Å². The average molecular weight is 223 g/mol. The highest BCUT2D eigenvalue weighted by Gasteiger charge is 2.35. The van der Waals surface area contributed by atoms with Gasteiger partial charge in [-0.2, -0.15) is 5.10 Å². The van der Waals surface area contributed by atoms with E-state index < -0.39 is 0 Å². The van der Waals surface area contributed by atoms with E-state index in [0.717, 1.165) is 10.7 Å². The maximum Gasteiger partial charge on any atom is 0.246 e. The van der Waals surface area contributed by atoms with Crippen LogP contribution >= 0.6 is 0 Å². The number of imide groups is 1. The molecule has 1 aromatic heterocycles. The van der Waals surface area contributed by atoms with Gasteiger partial charge in [-0.1, -0.05) is 0 Å². The molecule has 7 heteroatoms. The minimum Gasteiger partial charge on any atom is -0.305 e. The Morgan fingerprint density at radius 2 is 2.44 bits per heavy atom. The number of hydrogen-bond donors (Lipinski definition) is 2. The predicted molar refractivity (Wildman–Crippen MR) is 54.3 cm³/mol. The molecule has 0 saturated carbocycles. The highest BCUT2D eigenvalue weighted by Crippen LogP contribution is 2.10. The van der Waals surface area contributed by atoms with Crippen LogP contribution in [0.4, 0.5) is 0 Å². The number of aromatic amines is 1. The number of nitrogens with one attached hydrogen (secondary N) is 2. The molecule has 7 nitrogen and oxygen atoms in total. The number of carbonyl (C=O) groups excluding carboxylic acids is 2. The minimum atomic E-state index is -0.388. The fourth-order valence-electron chi connectivity index (χ4n) is 1.63. The van der Waals surface area contributed by atoms with Gasteiger partial charge in [-0.05, 0) is 0 Å². The van der Waals surface area contributed by atoms with Crippen molar-refractivity contribution in [2.75, 3.05) is 13.6 Å². The molecule has 0 bridgehead atoms. The van der Waals surface area contributed by atoms with E-state index in [0.29, 0.717) is 13.0 Å². The molecule has 1 atom stereocenters. The summed E-state index contributed by atoms with van der Waals surface area (Å²) in [7, 11) is 1.50. The van der Waals surface area contributed by atoms with Crippen LogP contribution in [-0.4, -0.2) is 51.5 Å². The van der Waals surface area contributed by atoms with Gasteiger partial charge in [0.1, 0.15) is 12.2 Å². The third-order valence-corrected chi connectivity index (χ3v) is 2.60. The van der Waals surface area contributed by atoms with Crippen molar-refractivity contribution in [3.63, 3.8) is 0 Å². The second-order valence-corrected chi connectivity index (χ2v) is 3.68. The van der Waals surface area contributed by atoms with Crippen LogP contribution in [0.5, 0.6) is 0 Å². The van der Waals surface area contributed by atoms with Gasteiger partial charge in [0, 0.05) is 20.0 Å². The number of carbonyl (C=O) groups is 2. The molecule has 2 amide bonds. The summed E-state index contributed by atoms with van der Waals surface area (Å²) in [5, 5.41) is 9.48. The second kappa shape index (κ2) is 4.40. The summed E-state index contributed by atoms with van der Waals surface area (Å²) >= 11 is 0. The topological polar surface area (TPSA) is 91.0 Å². The van der Waals surface area contributed by atoms with Gasteiger partial charge in [0.15, 0.2) is 0 Å². The molecule has 1 aliphatic rings. The smallest absolute Gasteiger partial charge is 0.246 e. The van der Waals surface area contributed by atoms with E-state index in [-0.39, 0.29) is 24.3 Å². The van der Waals surface area contributed by atoms with Crippen LogP contribution in [0.3, 0.4) is 0 Å². The van der Waals surface area contributed by atoms with Crippen LogP contribution in [0.1, 0.15) is 12.2 Å². The largest absolute Gasteiger partial charge is 0.305 e. The number of nitrogens with zero attached hydrogens (tertiary/aromatic N) is 3. The maximum absolute atomic E-state index is 11.5. The fourth-order valence-corrected chi connectivity index (χ4v) is 1.63. The molecule has 1 saturated heterocycles. The van der Waals surface area contributed by atoms with Crippen LogP contribution in [0.2, 0.25) is 0 Å². The molecule has 86 valence electrons. The summed E-state index contributed by atoms with van der Waals surface area (Å²) in [5.41, 5.74) is 0. The molecule has 0 spiro atoms. The number of H-pyrrole nitrogens is 1. The minimum absolute atomic E-state index is 0.137. The van der Waals surface area contributed by atoms with Crippen LogP contribution in [0.25, 0.3) is 0 Å². The van der Waals surface area contributed by atoms with Gasteiger partial charge >= 0.3 is 0 Å². The van der Waals surface area contributed by atoms with Crippen molar-refractivity contribution < 1.29 is 9.59 Å². The Kier molecular flexibility index (Phi) is 2.95. The average Bonchev–Trinajstić information content (AvgIpc) is 2.85. The van der Waals surface area contributed by atoms with Crippen molar-refractivity contribution in [2.45, 2.75) is 18.9 Å². The molecule has 1 aliphatic heterocycles. The zero-order valence-corrected chi connectivity index (χ0v) is 8.93. The Labute approximate surface area is 92.2 Å². The van der Waals surface area contributed by atoms with Gasteiger partial charge in [0.05, 0.1) is 12.5 Å². The van der Waals surface area contributed by atoms with Gasteiger partial charge in [0.2, 0.25) is 11.8 Å². The summed E-state index contributed by atoms with van der Waals surface area (Å²) < 4.78 is 0. The Balaban J connectivity index is 1.79. The van der Waals surface area contributed by atoms with Crippen molar-refractivity contribution in [3.05, 3.63) is 12.2 Å². The number of amides is 2. The van der Waals surface area contributed by atoms with Crippen molar-refractivity contribution in [1.82, 2.24) is 25.4 Å². The lowest BCUT2D eigenvalue weighted by molar-refractivity contribution is -0.137. The number of aromatic nitrogens is 3. The molecule has 2 N–H and O–H groups in total. The lowest BCUT2D eigenvalue weighted by Crippen LogP contribution is -2.38. The standard InChI is InChI=1S/C9H13N5O2/c1-14-8(15)4-6(9(14)16)10-3-2-7-11-5-12-13-7/h5-6,10H,2-4H2,1H3,(H,11,12,13). The SMILES string of the molecule is CN1C(=O)CC(NCCc2ncn[nH]2)C1=O. The first-order valence-corrected chi connectivity index (χ1v) is 5.06. The monoisotopic (exact) mass is 223 g/mol. The van der Waals surface area contributed by atoms with Gasteiger partial charge in [0.25, 0.3) is 0 Å². The number of likely N-dealkylation sites (N-methyl/N-ethyl adjacent to an activating group) is 1. The summed E-state index contributed by atoms with van der Waals surface area (Å²) in [6.07, 6.45) is 2.33. The van der Waals surface area contributed by atoms with Crippen molar-refractivity contribution in [2.24, 2.45) is 0 Å². The Morgan fingerprint density at radius 1 is 1.62 bits per heavy atom. The van der Waals surface area contributed by atoms with Gasteiger partial charge < -0.3 is 5.32 Å². The first-order chi connectivity index (χ1) is 7.68. The van der Waals surface area contributed by atoms with E-state index in [2.05, 4.69) is 20.5 Å². The Hall–Kier alpha value is -1.76. The van der Waals surface area contributed by atoms with Crippen molar-refractivity contribution in [1.29, 1.82) is 0 Å². The maximum atomic E-state index is 11.5. The second-order valence-electron chi connectivity index (χ2n) is 3.68. The highest BCUT2D eigenvalue weighted by atomic mass is 16.2. The van der Waals surface area contributed by atoms with Crippen LogP contribution in [0.15, 0.2) is 6.33 Å². The lowest BCUT2D eigenvalue weighted by Gasteiger charge is -2.09. The molecular weight excluding hydrogens is 210 g/mol.